The molecule has 2 aromatic rings. The summed E-state index contributed by atoms with van der Waals surface area (Å²) in [5.74, 6) is -1.76. The van der Waals surface area contributed by atoms with E-state index >= 15 is 0 Å². The third-order valence-electron chi connectivity index (χ3n) is 5.21. The normalized spacial score (nSPS) is 17.6. The molecule has 5 nitrogen and oxygen atoms in total. The van der Waals surface area contributed by atoms with Crippen molar-refractivity contribution in [1.82, 2.24) is 0 Å². The van der Waals surface area contributed by atoms with Crippen molar-refractivity contribution in [3.63, 3.8) is 0 Å². The number of nitriles is 1. The summed E-state index contributed by atoms with van der Waals surface area (Å²) in [6.07, 6.45) is 0. The number of halogens is 1. The van der Waals surface area contributed by atoms with Gasteiger partial charge in [0, 0.05) is 0 Å². The van der Waals surface area contributed by atoms with Crippen LogP contribution in [0.5, 0.6) is 0 Å². The second kappa shape index (κ2) is 6.48. The topological polar surface area (TPSA) is 79.5 Å². The molecule has 0 unspecified atom stereocenters. The Balaban J connectivity index is 2.15. The molecular formula is C20H19BFNO4. The van der Waals surface area contributed by atoms with Gasteiger partial charge in [0.05, 0.1) is 22.3 Å². The molecular weight excluding hydrogens is 348 g/mol. The largest absolute Gasteiger partial charge is 0.495 e. The standard InChI is InChI=1S/C20H19BFNO4/c1-19(2)20(3,4)27-21(26-19)16-8-7-13(18(24)25)9-15(16)12-5-6-14(11-23)17(22)10-12/h5-10H,1-4H3,(H,24,25). The van der Waals surface area contributed by atoms with E-state index in [-0.39, 0.29) is 11.1 Å². The quantitative estimate of drug-likeness (QED) is 0.842. The van der Waals surface area contributed by atoms with Crippen LogP contribution >= 0.6 is 0 Å². The van der Waals surface area contributed by atoms with Gasteiger partial charge in [0.2, 0.25) is 0 Å². The van der Waals surface area contributed by atoms with Crippen molar-refractivity contribution in [2.45, 2.75) is 38.9 Å². The molecule has 7 heteroatoms. The van der Waals surface area contributed by atoms with Crippen molar-refractivity contribution in [3.05, 3.63) is 53.3 Å². The first-order valence-corrected chi connectivity index (χ1v) is 8.48. The number of hydrogen-bond acceptors (Lipinski definition) is 4. The van der Waals surface area contributed by atoms with E-state index in [9.17, 15) is 14.3 Å². The highest BCUT2D eigenvalue weighted by molar-refractivity contribution is 6.64. The van der Waals surface area contributed by atoms with E-state index in [4.69, 9.17) is 14.6 Å². The van der Waals surface area contributed by atoms with E-state index in [0.717, 1.165) is 0 Å². The monoisotopic (exact) mass is 367 g/mol. The van der Waals surface area contributed by atoms with Gasteiger partial charge in [0.15, 0.2) is 0 Å². The van der Waals surface area contributed by atoms with Crippen LogP contribution < -0.4 is 5.46 Å². The zero-order valence-electron chi connectivity index (χ0n) is 15.5. The van der Waals surface area contributed by atoms with E-state index in [0.29, 0.717) is 16.6 Å². The van der Waals surface area contributed by atoms with Crippen LogP contribution in [0.25, 0.3) is 11.1 Å². The fraction of sp³-hybridized carbons (Fsp3) is 0.300. The number of carbonyl (C=O) groups is 1. The zero-order valence-corrected chi connectivity index (χ0v) is 15.5. The van der Waals surface area contributed by atoms with Gasteiger partial charge >= 0.3 is 13.1 Å². The van der Waals surface area contributed by atoms with Crippen LogP contribution in [0.15, 0.2) is 36.4 Å². The Labute approximate surface area is 157 Å². The lowest BCUT2D eigenvalue weighted by molar-refractivity contribution is 0.00578. The predicted molar refractivity (Wildman–Crippen MR) is 99.2 cm³/mol. The Bertz CT molecular complexity index is 949. The number of rotatable bonds is 3. The molecule has 0 amide bonds. The van der Waals surface area contributed by atoms with Crippen molar-refractivity contribution in [3.8, 4) is 17.2 Å². The Morgan fingerprint density at radius 1 is 1.11 bits per heavy atom. The van der Waals surface area contributed by atoms with E-state index in [2.05, 4.69) is 0 Å². The average Bonchev–Trinajstić information content (AvgIpc) is 2.81. The Morgan fingerprint density at radius 2 is 1.74 bits per heavy atom. The molecule has 1 saturated heterocycles. The molecule has 0 atom stereocenters. The second-order valence-electron chi connectivity index (χ2n) is 7.50. The molecule has 0 spiro atoms. The fourth-order valence-electron chi connectivity index (χ4n) is 2.89. The summed E-state index contributed by atoms with van der Waals surface area (Å²) in [6.45, 7) is 7.67. The molecule has 0 aromatic heterocycles. The molecule has 27 heavy (non-hydrogen) atoms. The average molecular weight is 367 g/mol. The van der Waals surface area contributed by atoms with Crippen LogP contribution in [-0.4, -0.2) is 29.4 Å². The zero-order chi connectivity index (χ0) is 20.0. The third kappa shape index (κ3) is 3.34. The van der Waals surface area contributed by atoms with Gasteiger partial charge in [-0.3, -0.25) is 0 Å². The highest BCUT2D eigenvalue weighted by Gasteiger charge is 2.52. The van der Waals surface area contributed by atoms with Crippen LogP contribution in [-0.2, 0) is 9.31 Å². The van der Waals surface area contributed by atoms with Gasteiger partial charge in [-0.1, -0.05) is 12.1 Å². The lowest BCUT2D eigenvalue weighted by Gasteiger charge is -2.32. The van der Waals surface area contributed by atoms with Gasteiger partial charge < -0.3 is 14.4 Å². The number of carboxylic acids is 1. The molecule has 3 rings (SSSR count). The molecule has 1 fully saturated rings. The molecule has 1 heterocycles. The molecule has 2 aromatic carbocycles. The van der Waals surface area contributed by atoms with Gasteiger partial charge in [-0.15, -0.1) is 0 Å². The third-order valence-corrected chi connectivity index (χ3v) is 5.21. The molecule has 0 saturated carbocycles. The van der Waals surface area contributed by atoms with Gasteiger partial charge in [0.25, 0.3) is 0 Å². The number of benzene rings is 2. The van der Waals surface area contributed by atoms with Crippen molar-refractivity contribution in [2.75, 3.05) is 0 Å². The van der Waals surface area contributed by atoms with Crippen LogP contribution in [0.3, 0.4) is 0 Å². The minimum absolute atomic E-state index is 0.0648. The van der Waals surface area contributed by atoms with Crippen LogP contribution in [0.4, 0.5) is 4.39 Å². The molecule has 1 aliphatic heterocycles. The second-order valence-corrected chi connectivity index (χ2v) is 7.50. The maximum atomic E-state index is 14.1. The smallest absolute Gasteiger partial charge is 0.478 e. The summed E-state index contributed by atoms with van der Waals surface area (Å²) in [7, 11) is -0.730. The fourth-order valence-corrected chi connectivity index (χ4v) is 2.89. The first-order chi connectivity index (χ1) is 12.6. The van der Waals surface area contributed by atoms with E-state index < -0.39 is 30.1 Å². The van der Waals surface area contributed by atoms with Gasteiger partial charge in [0.1, 0.15) is 11.9 Å². The number of aromatic carboxylic acids is 1. The highest BCUT2D eigenvalue weighted by atomic mass is 19.1. The van der Waals surface area contributed by atoms with Crippen molar-refractivity contribution >= 4 is 18.6 Å². The summed E-state index contributed by atoms with van der Waals surface area (Å²) in [5, 5.41) is 18.3. The minimum Gasteiger partial charge on any atom is -0.478 e. The first-order valence-electron chi connectivity index (χ1n) is 8.48. The van der Waals surface area contributed by atoms with Gasteiger partial charge in [-0.2, -0.15) is 5.26 Å². The molecule has 1 aliphatic rings. The van der Waals surface area contributed by atoms with E-state index in [1.807, 2.05) is 27.7 Å². The Kier molecular flexibility index (Phi) is 4.58. The lowest BCUT2D eigenvalue weighted by Crippen LogP contribution is -2.41. The molecule has 0 radical (unpaired) electrons. The van der Waals surface area contributed by atoms with Gasteiger partial charge in [-0.25, -0.2) is 9.18 Å². The van der Waals surface area contributed by atoms with E-state index in [1.165, 1.54) is 24.3 Å². The van der Waals surface area contributed by atoms with Crippen LogP contribution in [0.1, 0.15) is 43.6 Å². The molecule has 138 valence electrons. The molecule has 0 bridgehead atoms. The highest BCUT2D eigenvalue weighted by Crippen LogP contribution is 2.37. The summed E-state index contributed by atoms with van der Waals surface area (Å²) < 4.78 is 26.3. The Hall–Kier alpha value is -2.69. The molecule has 0 aliphatic carbocycles. The summed E-state index contributed by atoms with van der Waals surface area (Å²) in [4.78, 5) is 11.4. The van der Waals surface area contributed by atoms with Gasteiger partial charge in [-0.05, 0) is 68.6 Å². The maximum absolute atomic E-state index is 14.1. The number of carboxylic acid groups (broad SMARTS) is 1. The number of hydrogen-bond donors (Lipinski definition) is 1. The van der Waals surface area contributed by atoms with Crippen molar-refractivity contribution in [2.24, 2.45) is 0 Å². The minimum atomic E-state index is -1.09. The van der Waals surface area contributed by atoms with Crippen molar-refractivity contribution < 1.29 is 23.6 Å². The summed E-state index contributed by atoms with van der Waals surface area (Å²) in [6, 6.07) is 10.5. The Morgan fingerprint density at radius 3 is 2.26 bits per heavy atom. The van der Waals surface area contributed by atoms with Crippen molar-refractivity contribution in [1.29, 1.82) is 5.26 Å². The van der Waals surface area contributed by atoms with Crippen LogP contribution in [0, 0.1) is 17.1 Å². The number of nitrogens with zero attached hydrogens (tertiary/aromatic N) is 1. The lowest BCUT2D eigenvalue weighted by atomic mass is 9.74. The van der Waals surface area contributed by atoms with Crippen LogP contribution in [0.2, 0.25) is 0 Å². The summed E-state index contributed by atoms with van der Waals surface area (Å²) in [5.41, 5.74) is 0.367. The maximum Gasteiger partial charge on any atom is 0.495 e. The molecule has 1 N–H and O–H groups in total. The first kappa shape index (κ1) is 19.1. The predicted octanol–water partition coefficient (Wildman–Crippen LogP) is 3.36. The van der Waals surface area contributed by atoms with E-state index in [1.54, 1.807) is 18.2 Å². The summed E-state index contributed by atoms with van der Waals surface area (Å²) >= 11 is 0. The SMILES string of the molecule is CC1(C)OB(c2ccc(C(=O)O)cc2-c2ccc(C#N)c(F)c2)OC1(C)C.